The Balaban J connectivity index is 3.73. The van der Waals surface area contributed by atoms with Crippen molar-refractivity contribution in [3.63, 3.8) is 0 Å². The highest BCUT2D eigenvalue weighted by Gasteiger charge is 2.11. The van der Waals surface area contributed by atoms with Crippen LogP contribution in [-0.4, -0.2) is 38.9 Å². The van der Waals surface area contributed by atoms with Gasteiger partial charge in [-0.25, -0.2) is 21.9 Å². The van der Waals surface area contributed by atoms with E-state index in [1.54, 1.807) is 4.72 Å². The first-order valence-electron chi connectivity index (χ1n) is 3.34. The maximum absolute atomic E-state index is 11.5. The van der Waals surface area contributed by atoms with E-state index in [2.05, 4.69) is 0 Å². The lowest BCUT2D eigenvalue weighted by molar-refractivity contribution is 0.153. The minimum absolute atomic E-state index is 0.0541. The molecule has 0 unspecified atom stereocenters. The lowest BCUT2D eigenvalue weighted by atomic mass is 10.5. The molecule has 0 rings (SSSR count). The van der Waals surface area contributed by atoms with Crippen molar-refractivity contribution in [1.29, 1.82) is 0 Å². The number of sulfonamides is 1. The Bertz CT molecular complexity index is 205. The predicted molar refractivity (Wildman–Crippen MR) is 39.5 cm³/mol. The molecule has 0 aromatic rings. The quantitative estimate of drug-likeness (QED) is 0.614. The van der Waals surface area contributed by atoms with Gasteiger partial charge in [0.1, 0.15) is 0 Å². The molecule has 0 aromatic carbocycles. The van der Waals surface area contributed by atoms with Gasteiger partial charge < -0.3 is 5.11 Å². The largest absolute Gasteiger partial charge is 0.396 e. The number of alkyl halides is 2. The van der Waals surface area contributed by atoms with Crippen molar-refractivity contribution in [2.24, 2.45) is 0 Å². The molecule has 74 valence electrons. The Kier molecular flexibility index (Phi) is 5.27. The number of aliphatic hydroxyl groups excluding tert-OH is 1. The highest BCUT2D eigenvalue weighted by atomic mass is 32.2. The summed E-state index contributed by atoms with van der Waals surface area (Å²) < 4.78 is 46.2. The van der Waals surface area contributed by atoms with Crippen molar-refractivity contribution in [3.8, 4) is 0 Å². The topological polar surface area (TPSA) is 66.4 Å². The summed E-state index contributed by atoms with van der Waals surface area (Å²) in [7, 11) is -3.63. The maximum atomic E-state index is 11.5. The lowest BCUT2D eigenvalue weighted by Crippen LogP contribution is -2.30. The standard InChI is InChI=1S/C5H11F2NO3S/c6-5(7)4-8-12(10,11)3-1-2-9/h5,8-9H,1-4H2. The van der Waals surface area contributed by atoms with Gasteiger partial charge in [0, 0.05) is 6.61 Å². The van der Waals surface area contributed by atoms with Gasteiger partial charge in [0.2, 0.25) is 10.0 Å². The summed E-state index contributed by atoms with van der Waals surface area (Å²) in [4.78, 5) is 0. The molecule has 0 radical (unpaired) electrons. The zero-order valence-electron chi connectivity index (χ0n) is 6.33. The predicted octanol–water partition coefficient (Wildman–Crippen LogP) is -0.447. The fraction of sp³-hybridized carbons (Fsp3) is 1.00. The van der Waals surface area contributed by atoms with Crippen molar-refractivity contribution in [2.75, 3.05) is 18.9 Å². The van der Waals surface area contributed by atoms with Crippen molar-refractivity contribution in [1.82, 2.24) is 4.72 Å². The van der Waals surface area contributed by atoms with Crippen LogP contribution in [0.2, 0.25) is 0 Å². The van der Waals surface area contributed by atoms with E-state index in [0.29, 0.717) is 0 Å². The van der Waals surface area contributed by atoms with Crippen LogP contribution >= 0.6 is 0 Å². The molecule has 0 spiro atoms. The summed E-state index contributed by atoms with van der Waals surface area (Å²) in [5.41, 5.74) is 0. The molecule has 0 heterocycles. The molecule has 0 aromatic heterocycles. The third-order valence-corrected chi connectivity index (χ3v) is 2.46. The number of aliphatic hydroxyl groups is 1. The van der Waals surface area contributed by atoms with E-state index in [0.717, 1.165) is 0 Å². The van der Waals surface area contributed by atoms with E-state index < -0.39 is 23.0 Å². The van der Waals surface area contributed by atoms with Gasteiger partial charge in [-0.15, -0.1) is 0 Å². The van der Waals surface area contributed by atoms with Gasteiger partial charge in [0.15, 0.2) is 0 Å². The van der Waals surface area contributed by atoms with Crippen LogP contribution < -0.4 is 4.72 Å². The first-order chi connectivity index (χ1) is 5.48. The van der Waals surface area contributed by atoms with Gasteiger partial charge in [-0.3, -0.25) is 0 Å². The van der Waals surface area contributed by atoms with Crippen LogP contribution in [-0.2, 0) is 10.0 Å². The summed E-state index contributed by atoms with van der Waals surface area (Å²) in [6.07, 6.45) is -2.63. The van der Waals surface area contributed by atoms with Crippen molar-refractivity contribution >= 4 is 10.0 Å². The fourth-order valence-corrected chi connectivity index (χ4v) is 1.55. The number of hydrogen-bond acceptors (Lipinski definition) is 3. The van der Waals surface area contributed by atoms with Crippen LogP contribution in [0, 0.1) is 0 Å². The van der Waals surface area contributed by atoms with E-state index in [-0.39, 0.29) is 18.8 Å². The molecule has 0 saturated heterocycles. The summed E-state index contributed by atoms with van der Waals surface area (Å²) in [6.45, 7) is -1.14. The Labute approximate surface area is 69.6 Å². The Morgan fingerprint density at radius 1 is 1.42 bits per heavy atom. The van der Waals surface area contributed by atoms with Gasteiger partial charge in [0.25, 0.3) is 6.43 Å². The molecule has 2 N–H and O–H groups in total. The van der Waals surface area contributed by atoms with Gasteiger partial charge >= 0.3 is 0 Å². The zero-order valence-corrected chi connectivity index (χ0v) is 7.15. The van der Waals surface area contributed by atoms with Crippen LogP contribution in [0.1, 0.15) is 6.42 Å². The zero-order chi connectivity index (χ0) is 9.61. The van der Waals surface area contributed by atoms with E-state index >= 15 is 0 Å². The van der Waals surface area contributed by atoms with Crippen LogP contribution in [0.25, 0.3) is 0 Å². The Morgan fingerprint density at radius 3 is 2.42 bits per heavy atom. The molecule has 0 aliphatic heterocycles. The molecule has 0 fully saturated rings. The second-order valence-corrected chi connectivity index (χ2v) is 4.06. The van der Waals surface area contributed by atoms with Crippen LogP contribution in [0.15, 0.2) is 0 Å². The van der Waals surface area contributed by atoms with Crippen LogP contribution in [0.4, 0.5) is 8.78 Å². The van der Waals surface area contributed by atoms with Crippen LogP contribution in [0.5, 0.6) is 0 Å². The molecule has 0 amide bonds. The summed E-state index contributed by atoms with van der Waals surface area (Å²) in [6, 6.07) is 0. The van der Waals surface area contributed by atoms with Crippen LogP contribution in [0.3, 0.4) is 0 Å². The molecule has 0 aliphatic rings. The average molecular weight is 203 g/mol. The van der Waals surface area contributed by atoms with E-state index in [1.807, 2.05) is 0 Å². The van der Waals surface area contributed by atoms with Crippen molar-refractivity contribution in [3.05, 3.63) is 0 Å². The average Bonchev–Trinajstić information content (AvgIpc) is 1.98. The molecule has 7 heteroatoms. The first-order valence-corrected chi connectivity index (χ1v) is 4.99. The molecule has 0 saturated carbocycles. The maximum Gasteiger partial charge on any atom is 0.251 e. The van der Waals surface area contributed by atoms with E-state index in [9.17, 15) is 17.2 Å². The number of nitrogens with one attached hydrogen (secondary N) is 1. The molecular weight excluding hydrogens is 192 g/mol. The number of rotatable bonds is 6. The van der Waals surface area contributed by atoms with Crippen molar-refractivity contribution in [2.45, 2.75) is 12.8 Å². The fourth-order valence-electron chi connectivity index (χ4n) is 0.517. The monoisotopic (exact) mass is 203 g/mol. The Morgan fingerprint density at radius 2 is 2.00 bits per heavy atom. The molecule has 12 heavy (non-hydrogen) atoms. The SMILES string of the molecule is O=S(=O)(CCCO)NCC(F)F. The molecule has 0 aliphatic carbocycles. The highest BCUT2D eigenvalue weighted by molar-refractivity contribution is 7.89. The summed E-state index contributed by atoms with van der Waals surface area (Å²) in [5, 5.41) is 8.27. The normalized spacial score (nSPS) is 12.3. The third kappa shape index (κ3) is 6.44. The van der Waals surface area contributed by atoms with E-state index in [4.69, 9.17) is 5.11 Å². The van der Waals surface area contributed by atoms with Crippen molar-refractivity contribution < 1.29 is 22.3 Å². The second kappa shape index (κ2) is 5.39. The molecule has 0 bridgehead atoms. The molecule has 0 atom stereocenters. The minimum atomic E-state index is -3.63. The summed E-state index contributed by atoms with van der Waals surface area (Å²) >= 11 is 0. The van der Waals surface area contributed by atoms with E-state index in [1.165, 1.54) is 0 Å². The summed E-state index contributed by atoms with van der Waals surface area (Å²) in [5.74, 6) is -0.323. The molecule has 4 nitrogen and oxygen atoms in total. The number of hydrogen-bond donors (Lipinski definition) is 2. The first kappa shape index (κ1) is 11.7. The second-order valence-electron chi connectivity index (χ2n) is 2.14. The third-order valence-electron chi connectivity index (χ3n) is 1.03. The Hall–Kier alpha value is -0.270. The lowest BCUT2D eigenvalue weighted by Gasteiger charge is -2.04. The minimum Gasteiger partial charge on any atom is -0.396 e. The van der Waals surface area contributed by atoms with Gasteiger partial charge in [-0.1, -0.05) is 0 Å². The molecular formula is C5H11F2NO3S. The smallest absolute Gasteiger partial charge is 0.251 e. The highest BCUT2D eigenvalue weighted by Crippen LogP contribution is 1.92. The number of halogens is 2. The van der Waals surface area contributed by atoms with Gasteiger partial charge in [0.05, 0.1) is 12.3 Å². The van der Waals surface area contributed by atoms with Gasteiger partial charge in [-0.05, 0) is 6.42 Å². The van der Waals surface area contributed by atoms with Gasteiger partial charge in [-0.2, -0.15) is 0 Å².